The highest BCUT2D eigenvalue weighted by molar-refractivity contribution is 6.30. The van der Waals surface area contributed by atoms with Crippen LogP contribution in [-0.4, -0.2) is 50.8 Å². The number of carbonyl (C=O) groups is 2. The van der Waals surface area contributed by atoms with Gasteiger partial charge in [-0.25, -0.2) is 14.8 Å². The monoisotopic (exact) mass is 441 g/mol. The number of halogens is 4. The predicted octanol–water partition coefficient (Wildman–Crippen LogP) is 3.62. The number of nitrogens with zero attached hydrogens (tertiary/aromatic N) is 5. The molecule has 0 radical (unpaired) electrons. The molecule has 1 atom stereocenters. The first-order valence-electron chi connectivity index (χ1n) is 9.15. The fourth-order valence-electron chi connectivity index (χ4n) is 3.20. The van der Waals surface area contributed by atoms with E-state index >= 15 is 0 Å². The Morgan fingerprint density at radius 2 is 1.87 bits per heavy atom. The molecule has 2 aromatic rings. The van der Waals surface area contributed by atoms with Crippen LogP contribution in [0.4, 0.5) is 23.9 Å². The topological polar surface area (TPSA) is 79.3 Å². The van der Waals surface area contributed by atoms with Gasteiger partial charge in [-0.2, -0.15) is 13.2 Å². The summed E-state index contributed by atoms with van der Waals surface area (Å²) in [4.78, 5) is 39.8. The van der Waals surface area contributed by atoms with Crippen molar-refractivity contribution in [2.75, 3.05) is 18.0 Å². The molecule has 1 fully saturated rings. The van der Waals surface area contributed by atoms with Crippen LogP contribution in [0.2, 0.25) is 5.02 Å². The molecule has 7 nitrogen and oxygen atoms in total. The van der Waals surface area contributed by atoms with Gasteiger partial charge in [0, 0.05) is 12.6 Å². The van der Waals surface area contributed by atoms with Gasteiger partial charge in [0.25, 0.3) is 0 Å². The van der Waals surface area contributed by atoms with E-state index in [1.807, 2.05) is 13.8 Å². The SMILES string of the molecule is CC(C)[C@H]1CN(c2ncc(Cl)cn2)C(=O)N1CC(=O)Cc1ccc(C(F)(F)F)nc1. The summed E-state index contributed by atoms with van der Waals surface area (Å²) < 4.78 is 37.9. The fourth-order valence-corrected chi connectivity index (χ4v) is 3.30. The van der Waals surface area contributed by atoms with Crippen LogP contribution in [0.15, 0.2) is 30.7 Å². The first-order chi connectivity index (χ1) is 14.1. The Bertz CT molecular complexity index is 919. The van der Waals surface area contributed by atoms with Gasteiger partial charge in [-0.15, -0.1) is 0 Å². The summed E-state index contributed by atoms with van der Waals surface area (Å²) in [5.74, 6) is -0.0573. The zero-order valence-corrected chi connectivity index (χ0v) is 17.0. The van der Waals surface area contributed by atoms with Gasteiger partial charge < -0.3 is 4.90 Å². The summed E-state index contributed by atoms with van der Waals surface area (Å²) >= 11 is 5.79. The normalized spacial score (nSPS) is 17.2. The van der Waals surface area contributed by atoms with E-state index in [9.17, 15) is 22.8 Å². The molecule has 0 aromatic carbocycles. The van der Waals surface area contributed by atoms with Crippen molar-refractivity contribution in [3.8, 4) is 0 Å². The van der Waals surface area contributed by atoms with Crippen LogP contribution in [0.5, 0.6) is 0 Å². The Morgan fingerprint density at radius 1 is 1.20 bits per heavy atom. The summed E-state index contributed by atoms with van der Waals surface area (Å²) in [6, 6.07) is 1.40. The predicted molar refractivity (Wildman–Crippen MR) is 103 cm³/mol. The third kappa shape index (κ3) is 4.86. The summed E-state index contributed by atoms with van der Waals surface area (Å²) in [5.41, 5.74) is -0.675. The van der Waals surface area contributed by atoms with E-state index in [2.05, 4.69) is 15.0 Å². The minimum absolute atomic E-state index is 0.0618. The van der Waals surface area contributed by atoms with Gasteiger partial charge in [-0.1, -0.05) is 31.5 Å². The van der Waals surface area contributed by atoms with Crippen molar-refractivity contribution in [3.63, 3.8) is 0 Å². The maximum atomic E-state index is 12.9. The molecule has 0 bridgehead atoms. The van der Waals surface area contributed by atoms with Crippen molar-refractivity contribution >= 4 is 29.4 Å². The Kier molecular flexibility index (Phi) is 6.25. The highest BCUT2D eigenvalue weighted by Gasteiger charge is 2.41. The average molecular weight is 442 g/mol. The summed E-state index contributed by atoms with van der Waals surface area (Å²) in [5, 5.41) is 0.336. The van der Waals surface area contributed by atoms with E-state index in [0.29, 0.717) is 17.1 Å². The maximum absolute atomic E-state index is 12.9. The van der Waals surface area contributed by atoms with Crippen LogP contribution in [-0.2, 0) is 17.4 Å². The Balaban J connectivity index is 1.71. The summed E-state index contributed by atoms with van der Waals surface area (Å²) in [7, 11) is 0. The van der Waals surface area contributed by atoms with Gasteiger partial charge in [0.05, 0.1) is 36.5 Å². The molecule has 0 aliphatic carbocycles. The number of alkyl halides is 3. The molecule has 2 amide bonds. The molecule has 0 saturated carbocycles. The lowest BCUT2D eigenvalue weighted by Gasteiger charge is -2.25. The number of Topliss-reactive ketones (excluding diaryl/α,β-unsaturated/α-hetero) is 1. The van der Waals surface area contributed by atoms with Crippen LogP contribution in [0.3, 0.4) is 0 Å². The second kappa shape index (κ2) is 8.55. The lowest BCUT2D eigenvalue weighted by Crippen LogP contribution is -2.41. The molecule has 30 heavy (non-hydrogen) atoms. The lowest BCUT2D eigenvalue weighted by atomic mass is 10.0. The first kappa shape index (κ1) is 21.9. The number of rotatable bonds is 6. The number of aromatic nitrogens is 3. The van der Waals surface area contributed by atoms with Crippen molar-refractivity contribution in [1.29, 1.82) is 0 Å². The van der Waals surface area contributed by atoms with E-state index in [1.165, 1.54) is 28.3 Å². The number of pyridine rings is 1. The van der Waals surface area contributed by atoms with E-state index in [-0.39, 0.29) is 36.7 Å². The number of anilines is 1. The van der Waals surface area contributed by atoms with Crippen LogP contribution < -0.4 is 4.90 Å². The molecule has 1 aliphatic heterocycles. The highest BCUT2D eigenvalue weighted by atomic mass is 35.5. The minimum Gasteiger partial charge on any atom is -0.312 e. The number of ketones is 1. The maximum Gasteiger partial charge on any atom is 0.433 e. The van der Waals surface area contributed by atoms with Crippen LogP contribution in [0.25, 0.3) is 0 Å². The molecule has 160 valence electrons. The van der Waals surface area contributed by atoms with Gasteiger partial charge in [0.15, 0.2) is 5.78 Å². The van der Waals surface area contributed by atoms with Crippen molar-refractivity contribution in [2.45, 2.75) is 32.5 Å². The molecule has 0 spiro atoms. The van der Waals surface area contributed by atoms with E-state index in [4.69, 9.17) is 11.6 Å². The fraction of sp³-hybridized carbons (Fsp3) is 0.421. The minimum atomic E-state index is -4.54. The number of amides is 2. The number of hydrogen-bond donors (Lipinski definition) is 0. The van der Waals surface area contributed by atoms with Crippen molar-refractivity contribution in [1.82, 2.24) is 19.9 Å². The molecule has 0 N–H and O–H groups in total. The summed E-state index contributed by atoms with van der Waals surface area (Å²) in [6.45, 7) is 4.00. The smallest absolute Gasteiger partial charge is 0.312 e. The highest BCUT2D eigenvalue weighted by Crippen LogP contribution is 2.28. The standard InChI is InChI=1S/C19H19ClF3N5O2/c1-11(2)15-10-28(17-25-7-13(20)8-26-17)18(30)27(15)9-14(29)5-12-3-4-16(24-6-12)19(21,22)23/h3-4,6-8,11,15H,5,9-10H2,1-2H3/t15-/m1/s1. The van der Waals surface area contributed by atoms with Gasteiger partial charge in [0.2, 0.25) is 5.95 Å². The largest absolute Gasteiger partial charge is 0.433 e. The molecule has 2 aromatic heterocycles. The van der Waals surface area contributed by atoms with E-state index in [1.54, 1.807) is 0 Å². The van der Waals surface area contributed by atoms with Crippen LogP contribution in [0.1, 0.15) is 25.1 Å². The third-order valence-corrected chi connectivity index (χ3v) is 4.92. The molecule has 11 heteroatoms. The van der Waals surface area contributed by atoms with E-state index in [0.717, 1.165) is 12.3 Å². The van der Waals surface area contributed by atoms with Crippen LogP contribution in [0, 0.1) is 5.92 Å². The van der Waals surface area contributed by atoms with Gasteiger partial charge in [-0.05, 0) is 17.5 Å². The van der Waals surface area contributed by atoms with E-state index < -0.39 is 17.9 Å². The van der Waals surface area contributed by atoms with Gasteiger partial charge in [-0.3, -0.25) is 14.7 Å². The molecular formula is C19H19ClF3N5O2. The van der Waals surface area contributed by atoms with Gasteiger partial charge in [0.1, 0.15) is 5.69 Å². The zero-order chi connectivity index (χ0) is 22.1. The molecule has 3 heterocycles. The Labute approximate surface area is 175 Å². The van der Waals surface area contributed by atoms with Gasteiger partial charge >= 0.3 is 12.2 Å². The third-order valence-electron chi connectivity index (χ3n) is 4.73. The molecule has 1 saturated heterocycles. The van der Waals surface area contributed by atoms with Crippen molar-refractivity contribution < 1.29 is 22.8 Å². The second-order valence-electron chi connectivity index (χ2n) is 7.30. The van der Waals surface area contributed by atoms with Crippen LogP contribution >= 0.6 is 11.6 Å². The molecular weight excluding hydrogens is 423 g/mol. The Morgan fingerprint density at radius 3 is 2.40 bits per heavy atom. The average Bonchev–Trinajstić information content (AvgIpc) is 2.99. The van der Waals surface area contributed by atoms with Crippen molar-refractivity contribution in [3.05, 3.63) is 47.0 Å². The summed E-state index contributed by atoms with van der Waals surface area (Å²) in [6.07, 6.45) is -0.875. The molecule has 1 aliphatic rings. The number of carbonyl (C=O) groups excluding carboxylic acids is 2. The quantitative estimate of drug-likeness (QED) is 0.684. The Hall–Kier alpha value is -2.75. The zero-order valence-electron chi connectivity index (χ0n) is 16.2. The molecule has 3 rings (SSSR count). The second-order valence-corrected chi connectivity index (χ2v) is 7.74. The van der Waals surface area contributed by atoms with Crippen molar-refractivity contribution in [2.24, 2.45) is 5.92 Å². The lowest BCUT2D eigenvalue weighted by molar-refractivity contribution is -0.141. The number of hydrogen-bond acceptors (Lipinski definition) is 5. The first-order valence-corrected chi connectivity index (χ1v) is 9.53. The number of urea groups is 1. The molecule has 0 unspecified atom stereocenters.